The number of para-hydroxylation sites is 1. The van der Waals surface area contributed by atoms with Crippen LogP contribution in [-0.4, -0.2) is 66.1 Å². The van der Waals surface area contributed by atoms with E-state index in [0.29, 0.717) is 17.2 Å². The highest BCUT2D eigenvalue weighted by Crippen LogP contribution is 2.24. The monoisotopic (exact) mass is 398 g/mol. The summed E-state index contributed by atoms with van der Waals surface area (Å²) in [6.07, 6.45) is 0. The molecule has 1 aliphatic heterocycles. The molecule has 10 nitrogen and oxygen atoms in total. The van der Waals surface area contributed by atoms with Crippen molar-refractivity contribution >= 4 is 50.2 Å². The summed E-state index contributed by atoms with van der Waals surface area (Å²) in [5, 5.41) is 2.95. The van der Waals surface area contributed by atoms with Gasteiger partial charge in [0.05, 0.1) is 24.1 Å². The first kappa shape index (κ1) is 18.2. The van der Waals surface area contributed by atoms with E-state index in [2.05, 4.69) is 26.1 Å². The van der Waals surface area contributed by atoms with Crippen LogP contribution in [0.2, 0.25) is 0 Å². The molecule has 1 saturated heterocycles. The lowest BCUT2D eigenvalue weighted by Crippen LogP contribution is -2.53. The van der Waals surface area contributed by atoms with Crippen molar-refractivity contribution in [2.45, 2.75) is 0 Å². The summed E-state index contributed by atoms with van der Waals surface area (Å²) >= 11 is 5.12. The van der Waals surface area contributed by atoms with Gasteiger partial charge in [0.1, 0.15) is 11.3 Å². The number of aromatic nitrogens is 2. The fourth-order valence-corrected chi connectivity index (χ4v) is 3.82. The molecule has 140 valence electrons. The van der Waals surface area contributed by atoms with Crippen LogP contribution in [0, 0.1) is 0 Å². The molecule has 0 spiro atoms. The van der Waals surface area contributed by atoms with Crippen molar-refractivity contribution < 1.29 is 17.9 Å². The predicted octanol–water partition coefficient (Wildman–Crippen LogP) is 0.213. The number of amides is 2. The second kappa shape index (κ2) is 7.33. The molecule has 1 aromatic heterocycles. The van der Waals surface area contributed by atoms with Gasteiger partial charge < -0.3 is 19.9 Å². The molecule has 2 aromatic rings. The number of nitrogens with one attached hydrogen (secondary N) is 4. The van der Waals surface area contributed by atoms with Crippen LogP contribution in [0.4, 0.5) is 10.7 Å². The van der Waals surface area contributed by atoms with Gasteiger partial charge in [-0.15, -0.1) is 0 Å². The summed E-state index contributed by atoms with van der Waals surface area (Å²) in [6.45, 7) is 0.304. The number of nitrogens with zero attached hydrogens (tertiary/aromatic N) is 2. The number of thiocarbonyl (C=S) groups is 1. The Kier molecular flexibility index (Phi) is 5.13. The van der Waals surface area contributed by atoms with Gasteiger partial charge in [-0.2, -0.15) is 0 Å². The molecule has 3 rings (SSSR count). The fourth-order valence-electron chi connectivity index (χ4n) is 2.47. The Bertz CT molecular complexity index is 928. The van der Waals surface area contributed by atoms with E-state index in [0.717, 1.165) is 5.52 Å². The third kappa shape index (κ3) is 4.14. The number of hydrogen-bond acceptors (Lipinski definition) is 6. The minimum absolute atomic E-state index is 0.0378. The average molecular weight is 398 g/mol. The van der Waals surface area contributed by atoms with Gasteiger partial charge in [0.15, 0.2) is 14.9 Å². The minimum Gasteiger partial charge on any atom is -0.494 e. The van der Waals surface area contributed by atoms with E-state index in [1.54, 1.807) is 13.2 Å². The summed E-state index contributed by atoms with van der Waals surface area (Å²) in [6, 6.07) is 5.02. The van der Waals surface area contributed by atoms with Crippen molar-refractivity contribution in [1.29, 1.82) is 0 Å². The summed E-state index contributed by atoms with van der Waals surface area (Å²) in [4.78, 5) is 20.8. The SMILES string of the molecule is COc1cccc2[nH]c(NC(=S)NNC(=O)N3CCS(=O)(=O)CC3)nc12. The van der Waals surface area contributed by atoms with Crippen LogP contribution in [0.3, 0.4) is 0 Å². The van der Waals surface area contributed by atoms with Crippen LogP contribution in [-0.2, 0) is 9.84 Å². The smallest absolute Gasteiger partial charge is 0.336 e. The molecule has 2 amide bonds. The maximum atomic E-state index is 12.0. The summed E-state index contributed by atoms with van der Waals surface area (Å²) < 4.78 is 28.0. The predicted molar refractivity (Wildman–Crippen MR) is 101 cm³/mol. The first-order valence-electron chi connectivity index (χ1n) is 7.73. The number of hydrogen-bond donors (Lipinski definition) is 4. The molecular formula is C14H18N6O4S2. The molecule has 1 aliphatic rings. The average Bonchev–Trinajstić information content (AvgIpc) is 3.01. The quantitative estimate of drug-likeness (QED) is 0.418. The molecule has 1 fully saturated rings. The Morgan fingerprint density at radius 2 is 2.04 bits per heavy atom. The number of fused-ring (bicyclic) bond motifs is 1. The van der Waals surface area contributed by atoms with Crippen molar-refractivity contribution in [3.8, 4) is 5.75 Å². The molecule has 0 bridgehead atoms. The van der Waals surface area contributed by atoms with Gasteiger partial charge in [-0.1, -0.05) is 6.07 Å². The number of H-pyrrole nitrogens is 1. The number of carbonyl (C=O) groups excluding carboxylic acids is 1. The van der Waals surface area contributed by atoms with E-state index in [1.165, 1.54) is 4.90 Å². The molecule has 1 aromatic carbocycles. The number of benzene rings is 1. The van der Waals surface area contributed by atoms with Gasteiger partial charge in [-0.3, -0.25) is 5.43 Å². The van der Waals surface area contributed by atoms with Gasteiger partial charge in [-0.05, 0) is 24.4 Å². The Hall–Kier alpha value is -2.60. The lowest BCUT2D eigenvalue weighted by molar-refractivity contribution is 0.200. The van der Waals surface area contributed by atoms with Crippen LogP contribution < -0.4 is 20.9 Å². The third-order valence-electron chi connectivity index (χ3n) is 3.84. The number of methoxy groups -OCH3 is 1. The molecule has 0 aliphatic carbocycles. The topological polar surface area (TPSA) is 128 Å². The zero-order chi connectivity index (χ0) is 18.7. The van der Waals surface area contributed by atoms with Gasteiger partial charge in [0.2, 0.25) is 5.95 Å². The number of carbonyl (C=O) groups is 1. The van der Waals surface area contributed by atoms with Gasteiger partial charge in [0.25, 0.3) is 0 Å². The van der Waals surface area contributed by atoms with Crippen molar-refractivity contribution in [1.82, 2.24) is 25.7 Å². The normalized spacial score (nSPS) is 16.1. The summed E-state index contributed by atoms with van der Waals surface area (Å²) in [5.41, 5.74) is 6.41. The number of anilines is 1. The van der Waals surface area contributed by atoms with Gasteiger partial charge in [-0.25, -0.2) is 23.6 Å². The Balaban J connectivity index is 1.54. The Morgan fingerprint density at radius 1 is 1.31 bits per heavy atom. The number of ether oxygens (including phenoxy) is 1. The minimum atomic E-state index is -3.04. The number of sulfone groups is 1. The maximum Gasteiger partial charge on any atom is 0.336 e. The third-order valence-corrected chi connectivity index (χ3v) is 5.66. The zero-order valence-electron chi connectivity index (χ0n) is 13.9. The molecule has 0 radical (unpaired) electrons. The fraction of sp³-hybridized carbons (Fsp3) is 0.357. The number of imidazole rings is 1. The van der Waals surface area contributed by atoms with Crippen LogP contribution >= 0.6 is 12.2 Å². The largest absolute Gasteiger partial charge is 0.494 e. The van der Waals surface area contributed by atoms with Gasteiger partial charge in [0, 0.05) is 13.1 Å². The number of urea groups is 1. The second-order valence-electron chi connectivity index (χ2n) is 5.59. The van der Waals surface area contributed by atoms with Crippen LogP contribution in [0.25, 0.3) is 11.0 Å². The molecule has 12 heteroatoms. The Morgan fingerprint density at radius 3 is 2.73 bits per heavy atom. The van der Waals surface area contributed by atoms with E-state index in [9.17, 15) is 13.2 Å². The van der Waals surface area contributed by atoms with Crippen LogP contribution in [0.15, 0.2) is 18.2 Å². The molecule has 2 heterocycles. The molecule has 26 heavy (non-hydrogen) atoms. The van der Waals surface area contributed by atoms with E-state index < -0.39 is 15.9 Å². The highest BCUT2D eigenvalue weighted by molar-refractivity contribution is 7.91. The van der Waals surface area contributed by atoms with E-state index >= 15 is 0 Å². The number of hydrazine groups is 1. The molecule has 0 unspecified atom stereocenters. The molecular weight excluding hydrogens is 380 g/mol. The highest BCUT2D eigenvalue weighted by Gasteiger charge is 2.24. The highest BCUT2D eigenvalue weighted by atomic mass is 32.2. The summed E-state index contributed by atoms with van der Waals surface area (Å²) in [7, 11) is -1.48. The van der Waals surface area contributed by atoms with Crippen molar-refractivity contribution in [3.05, 3.63) is 18.2 Å². The second-order valence-corrected chi connectivity index (χ2v) is 8.30. The van der Waals surface area contributed by atoms with Crippen molar-refractivity contribution in [2.75, 3.05) is 37.0 Å². The van der Waals surface area contributed by atoms with E-state index in [-0.39, 0.29) is 29.7 Å². The lowest BCUT2D eigenvalue weighted by atomic mass is 10.3. The van der Waals surface area contributed by atoms with Gasteiger partial charge >= 0.3 is 6.03 Å². The number of aromatic amines is 1. The summed E-state index contributed by atoms with van der Waals surface area (Å²) in [5.74, 6) is 0.938. The standard InChI is InChI=1S/C14H18N6O4S2/c1-24-10-4-2-3-9-11(10)16-12(15-9)17-13(25)18-19-14(21)20-5-7-26(22,23)8-6-20/h2-4H,5-8H2,1H3,(H,19,21)(H3,15,16,17,18,25). The first-order valence-corrected chi connectivity index (χ1v) is 9.96. The molecule has 0 saturated carbocycles. The van der Waals surface area contributed by atoms with Crippen LogP contribution in [0.5, 0.6) is 5.75 Å². The van der Waals surface area contributed by atoms with Crippen LogP contribution in [0.1, 0.15) is 0 Å². The van der Waals surface area contributed by atoms with E-state index in [1.807, 2.05) is 12.1 Å². The Labute approximate surface area is 155 Å². The first-order chi connectivity index (χ1) is 12.4. The van der Waals surface area contributed by atoms with E-state index in [4.69, 9.17) is 17.0 Å². The molecule has 0 atom stereocenters. The zero-order valence-corrected chi connectivity index (χ0v) is 15.5. The van der Waals surface area contributed by atoms with Crippen molar-refractivity contribution in [2.24, 2.45) is 0 Å². The maximum absolute atomic E-state index is 12.0. The van der Waals surface area contributed by atoms with Crippen molar-refractivity contribution in [3.63, 3.8) is 0 Å². The number of rotatable bonds is 2. The molecule has 4 N–H and O–H groups in total. The lowest BCUT2D eigenvalue weighted by Gasteiger charge is -2.27.